The number of nitrogens with zero attached hydrogens (tertiary/aromatic N) is 1. The van der Waals surface area contributed by atoms with Crippen molar-refractivity contribution in [2.24, 2.45) is 0 Å². The third-order valence-corrected chi connectivity index (χ3v) is 6.48. The lowest BCUT2D eigenvalue weighted by Crippen LogP contribution is -2.42. The van der Waals surface area contributed by atoms with E-state index in [0.717, 1.165) is 28.5 Å². The van der Waals surface area contributed by atoms with Crippen LogP contribution >= 0.6 is 24.0 Å². The lowest BCUT2D eigenvalue weighted by atomic mass is 10.1. The molecule has 0 radical (unpaired) electrons. The first-order valence-electron chi connectivity index (χ1n) is 10.1. The number of rotatable bonds is 6. The Bertz CT molecular complexity index is 1190. The Morgan fingerprint density at radius 1 is 1.09 bits per heavy atom. The maximum Gasteiger partial charge on any atom is 0.266 e. The zero-order valence-electron chi connectivity index (χ0n) is 18.0. The van der Waals surface area contributed by atoms with Crippen LogP contribution in [-0.2, 0) is 14.4 Å². The number of hydrogen-bond acceptors (Lipinski definition) is 7. The predicted molar refractivity (Wildman–Crippen MR) is 130 cm³/mol. The number of benzene rings is 2. The van der Waals surface area contributed by atoms with Crippen LogP contribution in [-0.4, -0.2) is 46.8 Å². The molecular weight excluding hydrogens is 462 g/mol. The summed E-state index contributed by atoms with van der Waals surface area (Å²) in [5, 5.41) is 5.26. The van der Waals surface area contributed by atoms with Crippen LogP contribution in [0.25, 0.3) is 6.08 Å². The molecule has 170 valence electrons. The molecule has 8 nitrogen and oxygen atoms in total. The highest BCUT2D eigenvalue weighted by molar-refractivity contribution is 8.26. The molecule has 4 rings (SSSR count). The van der Waals surface area contributed by atoms with Gasteiger partial charge in [0.25, 0.3) is 5.91 Å². The lowest BCUT2D eigenvalue weighted by Gasteiger charge is -2.14. The van der Waals surface area contributed by atoms with Crippen molar-refractivity contribution in [2.75, 3.05) is 25.2 Å². The third-order valence-electron chi connectivity index (χ3n) is 5.11. The first kappa shape index (κ1) is 22.8. The summed E-state index contributed by atoms with van der Waals surface area (Å²) in [4.78, 5) is 38.9. The molecule has 0 spiro atoms. The molecule has 0 unspecified atom stereocenters. The van der Waals surface area contributed by atoms with E-state index in [2.05, 4.69) is 10.6 Å². The normalized spacial score (nSPS) is 15.8. The number of hydrogen-bond donors (Lipinski definition) is 2. The molecule has 0 aromatic heterocycles. The molecule has 1 saturated heterocycles. The number of thioether (sulfide) groups is 1. The second-order valence-electron chi connectivity index (χ2n) is 7.50. The van der Waals surface area contributed by atoms with Gasteiger partial charge in [0.15, 0.2) is 11.5 Å². The highest BCUT2D eigenvalue weighted by atomic mass is 32.2. The summed E-state index contributed by atoms with van der Waals surface area (Å²) in [6.45, 7) is 3.63. The van der Waals surface area contributed by atoms with Gasteiger partial charge in [-0.3, -0.25) is 19.3 Å². The van der Waals surface area contributed by atoms with Gasteiger partial charge in [-0.2, -0.15) is 0 Å². The lowest BCUT2D eigenvalue weighted by molar-refractivity contribution is -0.129. The minimum absolute atomic E-state index is 0.165. The van der Waals surface area contributed by atoms with Crippen LogP contribution in [0.2, 0.25) is 0 Å². The first-order valence-corrected chi connectivity index (χ1v) is 11.3. The molecule has 0 saturated carbocycles. The molecule has 3 amide bonds. The van der Waals surface area contributed by atoms with E-state index in [1.165, 1.54) is 4.90 Å². The van der Waals surface area contributed by atoms with Gasteiger partial charge >= 0.3 is 0 Å². The fourth-order valence-corrected chi connectivity index (χ4v) is 4.45. The Balaban J connectivity index is 1.31. The third kappa shape index (κ3) is 5.35. The smallest absolute Gasteiger partial charge is 0.266 e. The maximum atomic E-state index is 12.8. The molecular formula is C23H21N3O5S2. The Hall–Kier alpha value is -3.37. The quantitative estimate of drug-likeness (QED) is 0.482. The SMILES string of the molecule is Cc1ccc(NC(=O)CNC(=O)CN2C(=O)/C(=C\c3ccc4c(c3)OCO4)SC2=S)cc1C. The largest absolute Gasteiger partial charge is 0.454 e. The molecule has 33 heavy (non-hydrogen) atoms. The number of amides is 3. The monoisotopic (exact) mass is 483 g/mol. The molecule has 0 aliphatic carbocycles. The van der Waals surface area contributed by atoms with Crippen LogP contribution in [0.1, 0.15) is 16.7 Å². The van der Waals surface area contributed by atoms with Crippen molar-refractivity contribution in [3.05, 3.63) is 58.0 Å². The predicted octanol–water partition coefficient (Wildman–Crippen LogP) is 2.99. The number of carbonyl (C=O) groups is 3. The molecule has 0 bridgehead atoms. The molecule has 2 aliphatic heterocycles. The van der Waals surface area contributed by atoms with Crippen molar-refractivity contribution in [3.63, 3.8) is 0 Å². The Kier molecular flexibility index (Phi) is 6.66. The highest BCUT2D eigenvalue weighted by Gasteiger charge is 2.33. The van der Waals surface area contributed by atoms with Crippen molar-refractivity contribution in [3.8, 4) is 11.5 Å². The van der Waals surface area contributed by atoms with E-state index in [1.807, 2.05) is 26.0 Å². The standard InChI is InChI=1S/C23H21N3O5S2/c1-13-3-5-16(7-14(13)2)25-20(27)10-24-21(28)11-26-22(29)19(33-23(26)32)9-15-4-6-17-18(8-15)31-12-30-17/h3-9H,10-12H2,1-2H3,(H,24,28)(H,25,27)/b19-9+. The van der Waals surface area contributed by atoms with Crippen LogP contribution < -0.4 is 20.1 Å². The van der Waals surface area contributed by atoms with E-state index < -0.39 is 5.91 Å². The molecule has 2 aliphatic rings. The van der Waals surface area contributed by atoms with Gasteiger partial charge in [-0.25, -0.2) is 0 Å². The van der Waals surface area contributed by atoms with Gasteiger partial charge < -0.3 is 20.1 Å². The molecule has 10 heteroatoms. The van der Waals surface area contributed by atoms with E-state index in [0.29, 0.717) is 22.1 Å². The Labute approximate surface area is 200 Å². The second kappa shape index (κ2) is 9.63. The van der Waals surface area contributed by atoms with E-state index in [9.17, 15) is 14.4 Å². The first-order chi connectivity index (χ1) is 15.8. The maximum absolute atomic E-state index is 12.8. The minimum Gasteiger partial charge on any atom is -0.454 e. The van der Waals surface area contributed by atoms with Crippen LogP contribution in [0.15, 0.2) is 41.3 Å². The van der Waals surface area contributed by atoms with E-state index >= 15 is 0 Å². The van der Waals surface area contributed by atoms with Crippen molar-refractivity contribution < 1.29 is 23.9 Å². The fourth-order valence-electron chi connectivity index (χ4n) is 3.19. The number of aryl methyl sites for hydroxylation is 2. The molecule has 2 aromatic carbocycles. The van der Waals surface area contributed by atoms with Crippen molar-refractivity contribution in [2.45, 2.75) is 13.8 Å². The van der Waals surface area contributed by atoms with Crippen LogP contribution in [0.4, 0.5) is 5.69 Å². The molecule has 2 N–H and O–H groups in total. The number of thiocarbonyl (C=S) groups is 1. The summed E-state index contributed by atoms with van der Waals surface area (Å²) in [7, 11) is 0. The topological polar surface area (TPSA) is 97.0 Å². The average molecular weight is 484 g/mol. The van der Waals surface area contributed by atoms with Crippen LogP contribution in [0, 0.1) is 13.8 Å². The van der Waals surface area contributed by atoms with Crippen molar-refractivity contribution >= 4 is 57.8 Å². The highest BCUT2D eigenvalue weighted by Crippen LogP contribution is 2.36. The van der Waals surface area contributed by atoms with Crippen LogP contribution in [0.3, 0.4) is 0 Å². The summed E-state index contributed by atoms with van der Waals surface area (Å²) in [5.74, 6) is 0.0542. The zero-order valence-corrected chi connectivity index (χ0v) is 19.6. The van der Waals surface area contributed by atoms with Gasteiger partial charge in [0, 0.05) is 5.69 Å². The van der Waals surface area contributed by atoms with Gasteiger partial charge in [0.05, 0.1) is 11.4 Å². The number of fused-ring (bicyclic) bond motifs is 1. The van der Waals surface area contributed by atoms with Crippen molar-refractivity contribution in [1.29, 1.82) is 0 Å². The van der Waals surface area contributed by atoms with E-state index in [-0.39, 0.29) is 36.0 Å². The number of ether oxygens (including phenoxy) is 2. The summed E-state index contributed by atoms with van der Waals surface area (Å²) < 4.78 is 10.9. The van der Waals surface area contributed by atoms with Gasteiger partial charge in [-0.1, -0.05) is 36.1 Å². The molecule has 2 heterocycles. The zero-order chi connectivity index (χ0) is 23.5. The molecule has 2 aromatic rings. The summed E-state index contributed by atoms with van der Waals surface area (Å²) in [6.07, 6.45) is 1.69. The fraction of sp³-hybridized carbons (Fsp3) is 0.217. The van der Waals surface area contributed by atoms with Crippen LogP contribution in [0.5, 0.6) is 11.5 Å². The van der Waals surface area contributed by atoms with Gasteiger partial charge in [0.2, 0.25) is 18.6 Å². The van der Waals surface area contributed by atoms with Gasteiger partial charge in [-0.05, 0) is 60.9 Å². The second-order valence-corrected chi connectivity index (χ2v) is 9.18. The average Bonchev–Trinajstić information content (AvgIpc) is 3.34. The number of nitrogens with one attached hydrogen (secondary N) is 2. The van der Waals surface area contributed by atoms with Gasteiger partial charge in [-0.15, -0.1) is 0 Å². The van der Waals surface area contributed by atoms with E-state index in [4.69, 9.17) is 21.7 Å². The summed E-state index contributed by atoms with van der Waals surface area (Å²) in [5.41, 5.74) is 3.59. The molecule has 0 atom stereocenters. The van der Waals surface area contributed by atoms with Gasteiger partial charge in [0.1, 0.15) is 10.9 Å². The Morgan fingerprint density at radius 3 is 2.67 bits per heavy atom. The van der Waals surface area contributed by atoms with E-state index in [1.54, 1.807) is 30.3 Å². The minimum atomic E-state index is -0.481. The summed E-state index contributed by atoms with van der Waals surface area (Å²) >= 11 is 6.40. The summed E-state index contributed by atoms with van der Waals surface area (Å²) in [6, 6.07) is 10.9. The molecule has 1 fully saturated rings. The Morgan fingerprint density at radius 2 is 1.88 bits per heavy atom. The number of anilines is 1. The van der Waals surface area contributed by atoms with Crippen molar-refractivity contribution in [1.82, 2.24) is 10.2 Å². The number of carbonyl (C=O) groups excluding carboxylic acids is 3.